The van der Waals surface area contributed by atoms with Crippen molar-refractivity contribution < 1.29 is 18.3 Å². The number of ether oxygens (including phenoxy) is 1. The summed E-state index contributed by atoms with van der Waals surface area (Å²) < 4.78 is 33.5. The molecule has 0 fully saturated rings. The second-order valence-electron chi connectivity index (χ2n) is 4.58. The van der Waals surface area contributed by atoms with Crippen LogP contribution in [0.3, 0.4) is 0 Å². The van der Waals surface area contributed by atoms with Crippen LogP contribution in [0, 0.1) is 11.6 Å². The molecule has 0 bridgehead atoms. The lowest BCUT2D eigenvalue weighted by molar-refractivity contribution is 0.0519. The number of hydrogen-bond acceptors (Lipinski definition) is 4. The van der Waals surface area contributed by atoms with Crippen LogP contribution in [0.15, 0.2) is 24.4 Å². The van der Waals surface area contributed by atoms with Crippen molar-refractivity contribution in [2.24, 2.45) is 0 Å². The first-order valence-electron chi connectivity index (χ1n) is 6.54. The van der Waals surface area contributed by atoms with E-state index in [2.05, 4.69) is 10.3 Å². The maximum Gasteiger partial charge on any atom is 0.360 e. The molecule has 2 rings (SSSR count). The van der Waals surface area contributed by atoms with Gasteiger partial charge in [0.05, 0.1) is 12.8 Å². The fraction of sp³-hybridized carbons (Fsp3) is 0.357. The van der Waals surface area contributed by atoms with Gasteiger partial charge in [-0.3, -0.25) is 4.68 Å². The van der Waals surface area contributed by atoms with E-state index in [0.29, 0.717) is 0 Å². The molecule has 0 amide bonds. The monoisotopic (exact) mass is 295 g/mol. The first-order chi connectivity index (χ1) is 10.0. The Kier molecular flexibility index (Phi) is 4.62. The van der Waals surface area contributed by atoms with Crippen molar-refractivity contribution in [3.63, 3.8) is 0 Å². The first-order valence-corrected chi connectivity index (χ1v) is 6.54. The third-order valence-corrected chi connectivity index (χ3v) is 2.98. The Hall–Kier alpha value is -2.31. The summed E-state index contributed by atoms with van der Waals surface area (Å²) in [4.78, 5) is 11.5. The molecule has 112 valence electrons. The summed E-state index contributed by atoms with van der Waals surface area (Å²) >= 11 is 0. The van der Waals surface area contributed by atoms with Crippen LogP contribution in [-0.4, -0.2) is 27.6 Å². The van der Waals surface area contributed by atoms with Crippen LogP contribution < -0.4 is 0 Å². The van der Waals surface area contributed by atoms with E-state index in [1.807, 2.05) is 0 Å². The average molecular weight is 295 g/mol. The Morgan fingerprint density at radius 1 is 1.38 bits per heavy atom. The molecule has 0 aliphatic rings. The number of aromatic nitrogens is 3. The van der Waals surface area contributed by atoms with Crippen LogP contribution in [0.2, 0.25) is 0 Å². The lowest BCUT2D eigenvalue weighted by Gasteiger charge is -2.13. The number of nitrogens with zero attached hydrogens (tertiary/aromatic N) is 3. The molecule has 1 aromatic heterocycles. The van der Waals surface area contributed by atoms with Gasteiger partial charge in [0.15, 0.2) is 5.69 Å². The molecular weight excluding hydrogens is 280 g/mol. The average Bonchev–Trinajstić information content (AvgIpc) is 2.87. The van der Waals surface area contributed by atoms with Crippen LogP contribution in [0.1, 0.15) is 35.8 Å². The van der Waals surface area contributed by atoms with Gasteiger partial charge in [0.1, 0.15) is 11.6 Å². The van der Waals surface area contributed by atoms with Gasteiger partial charge >= 0.3 is 5.97 Å². The molecule has 0 radical (unpaired) electrons. The minimum absolute atomic E-state index is 0.00863. The Labute approximate surface area is 120 Å². The molecule has 0 aliphatic carbocycles. The highest BCUT2D eigenvalue weighted by atomic mass is 19.1. The number of benzene rings is 1. The summed E-state index contributed by atoms with van der Waals surface area (Å²) in [6.45, 7) is 3.80. The molecule has 2 aromatic rings. The van der Waals surface area contributed by atoms with E-state index in [1.165, 1.54) is 29.1 Å². The van der Waals surface area contributed by atoms with Gasteiger partial charge in [0, 0.05) is 18.0 Å². The molecule has 5 nitrogen and oxygen atoms in total. The predicted octanol–water partition coefficient (Wildman–Crippen LogP) is 2.54. The molecule has 1 heterocycles. The fourth-order valence-electron chi connectivity index (χ4n) is 2.04. The highest BCUT2D eigenvalue weighted by Gasteiger charge is 2.18. The van der Waals surface area contributed by atoms with Gasteiger partial charge in [-0.05, 0) is 19.1 Å². The van der Waals surface area contributed by atoms with Gasteiger partial charge in [-0.2, -0.15) is 0 Å². The van der Waals surface area contributed by atoms with Crippen LogP contribution in [-0.2, 0) is 11.3 Å². The minimum Gasteiger partial charge on any atom is -0.461 e. The highest BCUT2D eigenvalue weighted by molar-refractivity contribution is 5.86. The van der Waals surface area contributed by atoms with E-state index in [9.17, 15) is 13.6 Å². The van der Waals surface area contributed by atoms with E-state index >= 15 is 0 Å². The molecule has 0 spiro atoms. The van der Waals surface area contributed by atoms with Crippen molar-refractivity contribution in [1.82, 2.24) is 15.0 Å². The molecule has 1 unspecified atom stereocenters. The van der Waals surface area contributed by atoms with Crippen molar-refractivity contribution in [1.29, 1.82) is 0 Å². The largest absolute Gasteiger partial charge is 0.461 e. The Morgan fingerprint density at radius 3 is 2.67 bits per heavy atom. The van der Waals surface area contributed by atoms with Crippen LogP contribution in [0.5, 0.6) is 0 Å². The number of esters is 1. The lowest BCUT2D eigenvalue weighted by atomic mass is 10.00. The second-order valence-corrected chi connectivity index (χ2v) is 4.58. The van der Waals surface area contributed by atoms with E-state index in [0.717, 1.165) is 0 Å². The summed E-state index contributed by atoms with van der Waals surface area (Å²) in [5.41, 5.74) is 0.0590. The SMILES string of the molecule is CCOC(=O)c1cn(CC(C)c2c(F)cccc2F)nn1. The number of rotatable bonds is 5. The first kappa shape index (κ1) is 15.1. The van der Waals surface area contributed by atoms with E-state index in [4.69, 9.17) is 4.74 Å². The number of carbonyl (C=O) groups is 1. The van der Waals surface area contributed by atoms with E-state index in [-0.39, 0.29) is 24.4 Å². The molecule has 21 heavy (non-hydrogen) atoms. The number of hydrogen-bond donors (Lipinski definition) is 0. The van der Waals surface area contributed by atoms with Gasteiger partial charge < -0.3 is 4.74 Å². The molecule has 1 atom stereocenters. The van der Waals surface area contributed by atoms with Crippen molar-refractivity contribution in [2.45, 2.75) is 26.3 Å². The zero-order valence-electron chi connectivity index (χ0n) is 11.7. The van der Waals surface area contributed by atoms with Crippen molar-refractivity contribution >= 4 is 5.97 Å². The molecule has 0 aliphatic heterocycles. The van der Waals surface area contributed by atoms with Crippen LogP contribution in [0.25, 0.3) is 0 Å². The maximum atomic E-state index is 13.7. The normalized spacial score (nSPS) is 12.2. The van der Waals surface area contributed by atoms with Crippen LogP contribution >= 0.6 is 0 Å². The smallest absolute Gasteiger partial charge is 0.360 e. The predicted molar refractivity (Wildman–Crippen MR) is 70.8 cm³/mol. The van der Waals surface area contributed by atoms with Crippen molar-refractivity contribution in [3.05, 3.63) is 47.3 Å². The van der Waals surface area contributed by atoms with E-state index < -0.39 is 23.5 Å². The summed E-state index contributed by atoms with van der Waals surface area (Å²) in [7, 11) is 0. The van der Waals surface area contributed by atoms with Gasteiger partial charge in [0.25, 0.3) is 0 Å². The van der Waals surface area contributed by atoms with Gasteiger partial charge in [-0.25, -0.2) is 13.6 Å². The molecule has 0 N–H and O–H groups in total. The van der Waals surface area contributed by atoms with Crippen molar-refractivity contribution in [2.75, 3.05) is 6.61 Å². The Morgan fingerprint density at radius 2 is 2.05 bits per heavy atom. The number of halogens is 2. The van der Waals surface area contributed by atoms with Gasteiger partial charge in [-0.15, -0.1) is 5.10 Å². The minimum atomic E-state index is -0.603. The van der Waals surface area contributed by atoms with Crippen molar-refractivity contribution in [3.8, 4) is 0 Å². The summed E-state index contributed by atoms with van der Waals surface area (Å²) in [5, 5.41) is 7.44. The second kappa shape index (κ2) is 6.43. The molecule has 7 heteroatoms. The zero-order valence-corrected chi connectivity index (χ0v) is 11.7. The van der Waals surface area contributed by atoms with Gasteiger partial charge in [0.2, 0.25) is 0 Å². The quantitative estimate of drug-likeness (QED) is 0.795. The fourth-order valence-corrected chi connectivity index (χ4v) is 2.04. The zero-order chi connectivity index (χ0) is 15.4. The summed E-state index contributed by atoms with van der Waals surface area (Å²) in [5.74, 6) is -2.24. The van der Waals surface area contributed by atoms with E-state index in [1.54, 1.807) is 13.8 Å². The lowest BCUT2D eigenvalue weighted by Crippen LogP contribution is -2.10. The highest BCUT2D eigenvalue weighted by Crippen LogP contribution is 2.23. The summed E-state index contributed by atoms with van der Waals surface area (Å²) in [6, 6.07) is 3.73. The maximum absolute atomic E-state index is 13.7. The summed E-state index contributed by atoms with van der Waals surface area (Å²) in [6.07, 6.45) is 1.40. The number of carbonyl (C=O) groups excluding carboxylic acids is 1. The third kappa shape index (κ3) is 3.42. The standard InChI is InChI=1S/C14H15F2N3O2/c1-3-21-14(20)12-8-19(18-17-12)7-9(2)13-10(15)5-4-6-11(13)16/h4-6,8-9H,3,7H2,1-2H3. The molecule has 0 saturated carbocycles. The Balaban J connectivity index is 2.13. The molecule has 0 saturated heterocycles. The van der Waals surface area contributed by atoms with Crippen LogP contribution in [0.4, 0.5) is 8.78 Å². The molecular formula is C14H15F2N3O2. The van der Waals surface area contributed by atoms with Gasteiger partial charge in [-0.1, -0.05) is 18.2 Å². The Bertz CT molecular complexity index is 623. The third-order valence-electron chi connectivity index (χ3n) is 2.98. The molecule has 1 aromatic carbocycles. The topological polar surface area (TPSA) is 57.0 Å².